The lowest BCUT2D eigenvalue weighted by molar-refractivity contribution is -0.119. The SMILES string of the molecule is CSc1cccc(NC(=O)C2CCS(=O)(=O)C2)c1. The maximum absolute atomic E-state index is 11.9. The summed E-state index contributed by atoms with van der Waals surface area (Å²) >= 11 is 1.59. The Morgan fingerprint density at radius 2 is 2.22 bits per heavy atom. The van der Waals surface area contributed by atoms with Gasteiger partial charge in [-0.2, -0.15) is 0 Å². The average molecular weight is 285 g/mol. The molecule has 1 fully saturated rings. The highest BCUT2D eigenvalue weighted by Crippen LogP contribution is 2.22. The van der Waals surface area contributed by atoms with Gasteiger partial charge in [-0.25, -0.2) is 8.42 Å². The van der Waals surface area contributed by atoms with Crippen LogP contribution in [0.2, 0.25) is 0 Å². The summed E-state index contributed by atoms with van der Waals surface area (Å²) < 4.78 is 22.6. The zero-order chi connectivity index (χ0) is 13.2. The molecule has 1 saturated heterocycles. The summed E-state index contributed by atoms with van der Waals surface area (Å²) in [5.41, 5.74) is 0.719. The van der Waals surface area contributed by atoms with E-state index in [1.165, 1.54) is 0 Å². The fraction of sp³-hybridized carbons (Fsp3) is 0.417. The molecule has 0 aliphatic carbocycles. The Kier molecular flexibility index (Phi) is 3.97. The van der Waals surface area contributed by atoms with Crippen molar-refractivity contribution in [1.82, 2.24) is 0 Å². The number of hydrogen-bond donors (Lipinski definition) is 1. The monoisotopic (exact) mass is 285 g/mol. The standard InChI is InChI=1S/C12H15NO3S2/c1-17-11-4-2-3-10(7-11)13-12(14)9-5-6-18(15,16)8-9/h2-4,7,9H,5-6,8H2,1H3,(H,13,14). The van der Waals surface area contributed by atoms with Crippen LogP contribution in [0.1, 0.15) is 6.42 Å². The number of rotatable bonds is 3. The van der Waals surface area contributed by atoms with Crippen LogP contribution in [-0.4, -0.2) is 32.1 Å². The van der Waals surface area contributed by atoms with Crippen molar-refractivity contribution in [2.75, 3.05) is 23.1 Å². The summed E-state index contributed by atoms with van der Waals surface area (Å²) in [6.07, 6.45) is 2.39. The van der Waals surface area contributed by atoms with Crippen molar-refractivity contribution in [3.05, 3.63) is 24.3 Å². The van der Waals surface area contributed by atoms with E-state index in [0.717, 1.165) is 10.6 Å². The first kappa shape index (κ1) is 13.4. The molecule has 1 aromatic rings. The molecule has 1 amide bonds. The van der Waals surface area contributed by atoms with Crippen molar-refractivity contribution < 1.29 is 13.2 Å². The number of thioether (sulfide) groups is 1. The lowest BCUT2D eigenvalue weighted by atomic mass is 10.1. The van der Waals surface area contributed by atoms with Crippen LogP contribution in [0, 0.1) is 5.92 Å². The lowest BCUT2D eigenvalue weighted by Crippen LogP contribution is -2.23. The molecule has 0 radical (unpaired) electrons. The molecule has 0 saturated carbocycles. The molecule has 18 heavy (non-hydrogen) atoms. The van der Waals surface area contributed by atoms with Crippen LogP contribution in [0.5, 0.6) is 0 Å². The summed E-state index contributed by atoms with van der Waals surface area (Å²) in [5.74, 6) is -0.515. The molecule has 1 aliphatic rings. The Bertz CT molecular complexity index is 554. The number of anilines is 1. The van der Waals surface area contributed by atoms with Crippen molar-refractivity contribution in [2.24, 2.45) is 5.92 Å². The minimum atomic E-state index is -3.01. The summed E-state index contributed by atoms with van der Waals surface area (Å²) in [6, 6.07) is 7.51. The van der Waals surface area contributed by atoms with Crippen molar-refractivity contribution in [2.45, 2.75) is 11.3 Å². The van der Waals surface area contributed by atoms with Gasteiger partial charge in [0.2, 0.25) is 5.91 Å². The van der Waals surface area contributed by atoms with Crippen molar-refractivity contribution >= 4 is 33.2 Å². The Balaban J connectivity index is 2.03. The maximum Gasteiger partial charge on any atom is 0.228 e. The van der Waals surface area contributed by atoms with Crippen LogP contribution < -0.4 is 5.32 Å². The van der Waals surface area contributed by atoms with Crippen molar-refractivity contribution in [1.29, 1.82) is 0 Å². The van der Waals surface area contributed by atoms with Gasteiger partial charge in [-0.05, 0) is 30.9 Å². The second-order valence-corrected chi connectivity index (χ2v) is 7.43. The zero-order valence-corrected chi connectivity index (χ0v) is 11.7. The Morgan fingerprint density at radius 3 is 2.83 bits per heavy atom. The topological polar surface area (TPSA) is 63.2 Å². The molecule has 1 N–H and O–H groups in total. The molecule has 2 rings (SSSR count). The number of amides is 1. The van der Waals surface area contributed by atoms with Gasteiger partial charge in [0.25, 0.3) is 0 Å². The molecule has 1 atom stereocenters. The van der Waals surface area contributed by atoms with Crippen LogP contribution >= 0.6 is 11.8 Å². The highest BCUT2D eigenvalue weighted by atomic mass is 32.2. The summed E-state index contributed by atoms with van der Waals surface area (Å²) in [7, 11) is -3.01. The molecule has 98 valence electrons. The minimum absolute atomic E-state index is 0.0267. The van der Waals surface area contributed by atoms with Gasteiger partial charge >= 0.3 is 0 Å². The average Bonchev–Trinajstić information content (AvgIpc) is 2.70. The molecule has 0 spiro atoms. The van der Waals surface area contributed by atoms with Gasteiger partial charge in [0.1, 0.15) is 0 Å². The fourth-order valence-corrected chi connectivity index (χ4v) is 4.15. The minimum Gasteiger partial charge on any atom is -0.326 e. The van der Waals surface area contributed by atoms with E-state index < -0.39 is 15.8 Å². The zero-order valence-electron chi connectivity index (χ0n) is 10.0. The third kappa shape index (κ3) is 3.26. The molecule has 1 aliphatic heterocycles. The molecule has 1 aromatic carbocycles. The molecule has 1 unspecified atom stereocenters. The Labute approximate surface area is 111 Å². The Hall–Kier alpha value is -1.01. The van der Waals surface area contributed by atoms with Crippen LogP contribution in [0.25, 0.3) is 0 Å². The van der Waals surface area contributed by atoms with E-state index in [1.807, 2.05) is 24.5 Å². The largest absolute Gasteiger partial charge is 0.326 e. The molecule has 4 nitrogen and oxygen atoms in total. The normalized spacial score (nSPS) is 21.7. The second kappa shape index (κ2) is 5.32. The van der Waals surface area contributed by atoms with E-state index in [1.54, 1.807) is 17.8 Å². The molecule has 0 aromatic heterocycles. The highest BCUT2D eigenvalue weighted by molar-refractivity contribution is 7.98. The predicted molar refractivity (Wildman–Crippen MR) is 73.6 cm³/mol. The first-order valence-electron chi connectivity index (χ1n) is 5.65. The third-order valence-corrected chi connectivity index (χ3v) is 5.43. The number of nitrogens with one attached hydrogen (secondary N) is 1. The van der Waals surface area contributed by atoms with Crippen LogP contribution in [0.4, 0.5) is 5.69 Å². The summed E-state index contributed by atoms with van der Waals surface area (Å²) in [6.45, 7) is 0. The molecule has 6 heteroatoms. The summed E-state index contributed by atoms with van der Waals surface area (Å²) in [4.78, 5) is 13.0. The van der Waals surface area contributed by atoms with Gasteiger partial charge < -0.3 is 5.32 Å². The number of sulfone groups is 1. The van der Waals surface area contributed by atoms with Crippen molar-refractivity contribution in [3.63, 3.8) is 0 Å². The number of carbonyl (C=O) groups is 1. The van der Waals surface area contributed by atoms with Gasteiger partial charge in [-0.1, -0.05) is 6.07 Å². The van der Waals surface area contributed by atoms with E-state index in [4.69, 9.17) is 0 Å². The number of benzene rings is 1. The number of carbonyl (C=O) groups excluding carboxylic acids is 1. The summed E-state index contributed by atoms with van der Waals surface area (Å²) in [5, 5.41) is 2.78. The van der Waals surface area contributed by atoms with E-state index in [9.17, 15) is 13.2 Å². The van der Waals surface area contributed by atoms with Gasteiger partial charge in [0, 0.05) is 10.6 Å². The maximum atomic E-state index is 11.9. The van der Waals surface area contributed by atoms with E-state index in [2.05, 4.69) is 5.32 Å². The van der Waals surface area contributed by atoms with Gasteiger partial charge in [0.15, 0.2) is 9.84 Å². The fourth-order valence-electron chi connectivity index (χ4n) is 1.95. The van der Waals surface area contributed by atoms with Crippen LogP contribution in [-0.2, 0) is 14.6 Å². The quantitative estimate of drug-likeness (QED) is 0.860. The molecule has 0 bridgehead atoms. The van der Waals surface area contributed by atoms with Crippen LogP contribution in [0.15, 0.2) is 29.2 Å². The highest BCUT2D eigenvalue weighted by Gasteiger charge is 2.32. The van der Waals surface area contributed by atoms with Crippen LogP contribution in [0.3, 0.4) is 0 Å². The van der Waals surface area contributed by atoms with E-state index in [0.29, 0.717) is 6.42 Å². The van der Waals surface area contributed by atoms with Crippen molar-refractivity contribution in [3.8, 4) is 0 Å². The lowest BCUT2D eigenvalue weighted by Gasteiger charge is -2.10. The second-order valence-electron chi connectivity index (χ2n) is 4.32. The van der Waals surface area contributed by atoms with Gasteiger partial charge in [-0.3, -0.25) is 4.79 Å². The molecular formula is C12H15NO3S2. The third-order valence-electron chi connectivity index (χ3n) is 2.94. The first-order valence-corrected chi connectivity index (χ1v) is 8.70. The predicted octanol–water partition coefficient (Wildman–Crippen LogP) is 1.78. The molecule has 1 heterocycles. The molecular weight excluding hydrogens is 270 g/mol. The van der Waals surface area contributed by atoms with Gasteiger partial charge in [0.05, 0.1) is 17.4 Å². The smallest absolute Gasteiger partial charge is 0.228 e. The Morgan fingerprint density at radius 1 is 1.44 bits per heavy atom. The van der Waals surface area contributed by atoms with E-state index in [-0.39, 0.29) is 17.4 Å². The number of hydrogen-bond acceptors (Lipinski definition) is 4. The first-order chi connectivity index (χ1) is 8.50. The van der Waals surface area contributed by atoms with Gasteiger partial charge in [-0.15, -0.1) is 11.8 Å². The van der Waals surface area contributed by atoms with E-state index >= 15 is 0 Å².